The van der Waals surface area contributed by atoms with Gasteiger partial charge in [-0.1, -0.05) is 6.92 Å². The Labute approximate surface area is 115 Å². The van der Waals surface area contributed by atoms with E-state index in [1.54, 1.807) is 6.20 Å². The normalized spacial score (nSPS) is 11.1. The number of nitrogens with zero attached hydrogens (tertiary/aromatic N) is 3. The lowest BCUT2D eigenvalue weighted by Crippen LogP contribution is -2.01. The fraction of sp³-hybridized carbons (Fsp3) is 0.200. The Balaban J connectivity index is 2.26. The molecule has 1 aromatic carbocycles. The van der Waals surface area contributed by atoms with Gasteiger partial charge in [0.05, 0.1) is 5.56 Å². The Morgan fingerprint density at radius 1 is 1.30 bits per heavy atom. The molecule has 0 amide bonds. The standard InChI is InChI=1S/C15H14FN3O/c1-2-8-19-14(11-6-5-10(16)9-13(11)20)18-12-4-3-7-17-15(12)19/h3-7,9,20H,2,8H2,1H3. The van der Waals surface area contributed by atoms with Crippen molar-refractivity contribution in [1.29, 1.82) is 0 Å². The predicted molar refractivity (Wildman–Crippen MR) is 74.9 cm³/mol. The Kier molecular flexibility index (Phi) is 3.10. The molecule has 0 fully saturated rings. The number of phenolic OH excluding ortho intramolecular Hbond substituents is 1. The average molecular weight is 271 g/mol. The number of fused-ring (bicyclic) bond motifs is 1. The molecule has 0 atom stereocenters. The summed E-state index contributed by atoms with van der Waals surface area (Å²) in [5.41, 5.74) is 2.05. The second-order valence-corrected chi connectivity index (χ2v) is 4.59. The number of pyridine rings is 1. The van der Waals surface area contributed by atoms with Crippen LogP contribution in [0.4, 0.5) is 4.39 Å². The molecule has 102 valence electrons. The molecule has 0 bridgehead atoms. The molecule has 20 heavy (non-hydrogen) atoms. The van der Waals surface area contributed by atoms with Crippen LogP contribution in [0.1, 0.15) is 13.3 Å². The average Bonchev–Trinajstić information content (AvgIpc) is 2.78. The summed E-state index contributed by atoms with van der Waals surface area (Å²) < 4.78 is 15.1. The van der Waals surface area contributed by atoms with Crippen LogP contribution >= 0.6 is 0 Å². The topological polar surface area (TPSA) is 50.9 Å². The number of rotatable bonds is 3. The van der Waals surface area contributed by atoms with Crippen LogP contribution in [0.15, 0.2) is 36.5 Å². The Hall–Kier alpha value is -2.43. The first-order valence-corrected chi connectivity index (χ1v) is 6.51. The summed E-state index contributed by atoms with van der Waals surface area (Å²) in [7, 11) is 0. The molecular weight excluding hydrogens is 257 g/mol. The molecule has 1 N–H and O–H groups in total. The SMILES string of the molecule is CCCn1c(-c2ccc(F)cc2O)nc2cccnc21. The Morgan fingerprint density at radius 3 is 2.90 bits per heavy atom. The van der Waals surface area contributed by atoms with E-state index in [0.29, 0.717) is 11.4 Å². The highest BCUT2D eigenvalue weighted by atomic mass is 19.1. The molecule has 0 aliphatic rings. The van der Waals surface area contributed by atoms with Gasteiger partial charge < -0.3 is 9.67 Å². The molecule has 0 aliphatic heterocycles. The smallest absolute Gasteiger partial charge is 0.160 e. The fourth-order valence-corrected chi connectivity index (χ4v) is 2.29. The van der Waals surface area contributed by atoms with Gasteiger partial charge in [0.15, 0.2) is 5.65 Å². The molecule has 0 spiro atoms. The highest BCUT2D eigenvalue weighted by molar-refractivity contribution is 5.78. The first-order chi connectivity index (χ1) is 9.70. The zero-order valence-corrected chi connectivity index (χ0v) is 11.0. The van der Waals surface area contributed by atoms with Crippen LogP contribution in [0.3, 0.4) is 0 Å². The second kappa shape index (κ2) is 4.92. The van der Waals surface area contributed by atoms with Crippen molar-refractivity contribution in [2.45, 2.75) is 19.9 Å². The van der Waals surface area contributed by atoms with Crippen molar-refractivity contribution in [2.75, 3.05) is 0 Å². The van der Waals surface area contributed by atoms with Crippen LogP contribution < -0.4 is 0 Å². The largest absolute Gasteiger partial charge is 0.507 e. The van der Waals surface area contributed by atoms with E-state index in [1.807, 2.05) is 16.7 Å². The minimum absolute atomic E-state index is 0.113. The molecule has 0 aliphatic carbocycles. The number of benzene rings is 1. The van der Waals surface area contributed by atoms with Crippen LogP contribution in [0.5, 0.6) is 5.75 Å². The molecule has 0 saturated carbocycles. The Bertz CT molecular complexity index is 767. The van der Waals surface area contributed by atoms with Crippen molar-refractivity contribution in [2.24, 2.45) is 0 Å². The minimum Gasteiger partial charge on any atom is -0.507 e. The molecule has 5 heteroatoms. The summed E-state index contributed by atoms with van der Waals surface area (Å²) in [5.74, 6) is 0.0261. The van der Waals surface area contributed by atoms with Gasteiger partial charge in [-0.25, -0.2) is 14.4 Å². The van der Waals surface area contributed by atoms with Crippen LogP contribution in [0.25, 0.3) is 22.6 Å². The molecule has 0 unspecified atom stereocenters. The number of imidazole rings is 1. The van der Waals surface area contributed by atoms with Gasteiger partial charge in [0.1, 0.15) is 22.9 Å². The highest BCUT2D eigenvalue weighted by Gasteiger charge is 2.16. The highest BCUT2D eigenvalue weighted by Crippen LogP contribution is 2.31. The maximum Gasteiger partial charge on any atom is 0.160 e. The van der Waals surface area contributed by atoms with Crippen LogP contribution in [-0.4, -0.2) is 19.6 Å². The van der Waals surface area contributed by atoms with Crippen molar-refractivity contribution < 1.29 is 9.50 Å². The van der Waals surface area contributed by atoms with E-state index in [-0.39, 0.29) is 5.75 Å². The molecule has 2 heterocycles. The van der Waals surface area contributed by atoms with Crippen LogP contribution in [0.2, 0.25) is 0 Å². The molecule has 0 saturated heterocycles. The summed E-state index contributed by atoms with van der Waals surface area (Å²) in [6, 6.07) is 7.65. The molecule has 3 rings (SSSR count). The fourth-order valence-electron chi connectivity index (χ4n) is 2.29. The van der Waals surface area contributed by atoms with E-state index >= 15 is 0 Å². The molecular formula is C15H14FN3O. The molecule has 4 nitrogen and oxygen atoms in total. The predicted octanol–water partition coefficient (Wildman–Crippen LogP) is 3.35. The van der Waals surface area contributed by atoms with Gasteiger partial charge in [-0.05, 0) is 30.7 Å². The zero-order chi connectivity index (χ0) is 14.1. The molecule has 2 aromatic heterocycles. The van der Waals surface area contributed by atoms with Crippen molar-refractivity contribution in [1.82, 2.24) is 14.5 Å². The van der Waals surface area contributed by atoms with E-state index < -0.39 is 5.82 Å². The lowest BCUT2D eigenvalue weighted by atomic mass is 10.2. The first-order valence-electron chi connectivity index (χ1n) is 6.51. The lowest BCUT2D eigenvalue weighted by molar-refractivity contribution is 0.470. The number of aryl methyl sites for hydroxylation is 1. The summed E-state index contributed by atoms with van der Waals surface area (Å²) in [5, 5.41) is 9.95. The maximum absolute atomic E-state index is 13.1. The number of phenols is 1. The summed E-state index contributed by atoms with van der Waals surface area (Å²) in [6.45, 7) is 2.79. The van der Waals surface area contributed by atoms with Gasteiger partial charge in [-0.15, -0.1) is 0 Å². The third kappa shape index (κ3) is 2.01. The monoisotopic (exact) mass is 271 g/mol. The van der Waals surface area contributed by atoms with E-state index in [1.165, 1.54) is 12.1 Å². The van der Waals surface area contributed by atoms with Gasteiger partial charge >= 0.3 is 0 Å². The van der Waals surface area contributed by atoms with E-state index in [2.05, 4.69) is 16.9 Å². The zero-order valence-electron chi connectivity index (χ0n) is 11.0. The summed E-state index contributed by atoms with van der Waals surface area (Å²) in [4.78, 5) is 8.85. The van der Waals surface area contributed by atoms with E-state index in [9.17, 15) is 9.50 Å². The van der Waals surface area contributed by atoms with Crippen LogP contribution in [0, 0.1) is 5.82 Å². The number of halogens is 1. The minimum atomic E-state index is -0.470. The third-order valence-electron chi connectivity index (χ3n) is 3.15. The lowest BCUT2D eigenvalue weighted by Gasteiger charge is -2.08. The molecule has 3 aromatic rings. The number of aromatic nitrogens is 3. The summed E-state index contributed by atoms with van der Waals surface area (Å²) in [6.07, 6.45) is 2.63. The summed E-state index contributed by atoms with van der Waals surface area (Å²) >= 11 is 0. The van der Waals surface area contributed by atoms with Crippen molar-refractivity contribution in [3.05, 3.63) is 42.3 Å². The number of aromatic hydroxyl groups is 1. The van der Waals surface area contributed by atoms with Gasteiger partial charge in [0.2, 0.25) is 0 Å². The van der Waals surface area contributed by atoms with E-state index in [0.717, 1.165) is 30.2 Å². The molecule has 0 radical (unpaired) electrons. The quantitative estimate of drug-likeness (QED) is 0.794. The van der Waals surface area contributed by atoms with Gasteiger partial charge in [0, 0.05) is 18.8 Å². The van der Waals surface area contributed by atoms with Gasteiger partial charge in [-0.3, -0.25) is 0 Å². The van der Waals surface area contributed by atoms with Crippen molar-refractivity contribution >= 4 is 11.2 Å². The van der Waals surface area contributed by atoms with Gasteiger partial charge in [0.25, 0.3) is 0 Å². The Morgan fingerprint density at radius 2 is 2.15 bits per heavy atom. The van der Waals surface area contributed by atoms with Gasteiger partial charge in [-0.2, -0.15) is 0 Å². The van der Waals surface area contributed by atoms with E-state index in [4.69, 9.17) is 0 Å². The second-order valence-electron chi connectivity index (χ2n) is 4.59. The van der Waals surface area contributed by atoms with Crippen molar-refractivity contribution in [3.63, 3.8) is 0 Å². The van der Waals surface area contributed by atoms with Crippen LogP contribution in [-0.2, 0) is 6.54 Å². The number of hydrogen-bond acceptors (Lipinski definition) is 3. The van der Waals surface area contributed by atoms with Crippen molar-refractivity contribution in [3.8, 4) is 17.1 Å². The maximum atomic E-state index is 13.1. The first kappa shape index (κ1) is 12.6. The third-order valence-corrected chi connectivity index (χ3v) is 3.15. The number of hydrogen-bond donors (Lipinski definition) is 1.